The minimum Gasteiger partial charge on any atom is -0.321 e. The molecule has 7 nitrogen and oxygen atoms in total. The van der Waals surface area contributed by atoms with Gasteiger partial charge in [-0.3, -0.25) is 18.7 Å². The SMILES string of the molecule is CC(C)c1cnc2c(c1NC(=O)c1ccc(F)cc1F)c(=O)n(C)c(=O)n2C. The van der Waals surface area contributed by atoms with Crippen molar-refractivity contribution >= 4 is 22.6 Å². The molecule has 9 heteroatoms. The Balaban J connectivity index is 2.29. The third-order valence-corrected chi connectivity index (χ3v) is 4.53. The Morgan fingerprint density at radius 3 is 2.43 bits per heavy atom. The predicted molar refractivity (Wildman–Crippen MR) is 101 cm³/mol. The molecule has 0 saturated heterocycles. The number of hydrogen-bond donors (Lipinski definition) is 1. The molecule has 0 saturated carbocycles. The molecule has 0 bridgehead atoms. The first-order chi connectivity index (χ1) is 13.1. The first-order valence-corrected chi connectivity index (χ1v) is 8.48. The summed E-state index contributed by atoms with van der Waals surface area (Å²) in [6.45, 7) is 3.67. The van der Waals surface area contributed by atoms with E-state index in [0.29, 0.717) is 11.6 Å². The zero-order chi connectivity index (χ0) is 20.7. The number of pyridine rings is 1. The standard InChI is InChI=1S/C19H18F2N4O3/c1-9(2)12-8-22-16-14(18(27)25(4)19(28)24(16)3)15(12)23-17(26)11-6-5-10(20)7-13(11)21/h5-9H,1-4H3,(H,22,23,26). The summed E-state index contributed by atoms with van der Waals surface area (Å²) >= 11 is 0. The minimum absolute atomic E-state index is 0.0340. The van der Waals surface area contributed by atoms with Gasteiger partial charge in [0.15, 0.2) is 5.65 Å². The van der Waals surface area contributed by atoms with Crippen LogP contribution in [0.25, 0.3) is 11.0 Å². The smallest absolute Gasteiger partial charge is 0.321 e. The van der Waals surface area contributed by atoms with Gasteiger partial charge in [-0.05, 0) is 23.6 Å². The van der Waals surface area contributed by atoms with Crippen molar-refractivity contribution in [2.45, 2.75) is 19.8 Å². The fraction of sp³-hybridized carbons (Fsp3) is 0.263. The Bertz CT molecular complexity index is 1230. The lowest BCUT2D eigenvalue weighted by molar-refractivity contribution is 0.102. The molecule has 1 N–H and O–H groups in total. The molecule has 0 unspecified atom stereocenters. The summed E-state index contributed by atoms with van der Waals surface area (Å²) in [5.74, 6) is -2.81. The molecule has 0 fully saturated rings. The molecule has 0 aliphatic rings. The first-order valence-electron chi connectivity index (χ1n) is 8.48. The van der Waals surface area contributed by atoms with E-state index in [-0.39, 0.29) is 28.2 Å². The molecule has 146 valence electrons. The third-order valence-electron chi connectivity index (χ3n) is 4.53. The van der Waals surface area contributed by atoms with Crippen LogP contribution in [-0.2, 0) is 14.1 Å². The van der Waals surface area contributed by atoms with Gasteiger partial charge in [-0.15, -0.1) is 0 Å². The molecule has 3 aromatic rings. The lowest BCUT2D eigenvalue weighted by Gasteiger charge is -2.17. The molecular weight excluding hydrogens is 370 g/mol. The van der Waals surface area contributed by atoms with Crippen molar-refractivity contribution in [3.63, 3.8) is 0 Å². The summed E-state index contributed by atoms with van der Waals surface area (Å²) in [4.78, 5) is 41.8. The summed E-state index contributed by atoms with van der Waals surface area (Å²) in [5, 5.41) is 2.59. The van der Waals surface area contributed by atoms with Gasteiger partial charge in [-0.1, -0.05) is 13.8 Å². The van der Waals surface area contributed by atoms with E-state index >= 15 is 0 Å². The van der Waals surface area contributed by atoms with Crippen molar-refractivity contribution in [2.75, 3.05) is 5.32 Å². The van der Waals surface area contributed by atoms with E-state index in [1.54, 1.807) is 0 Å². The highest BCUT2D eigenvalue weighted by molar-refractivity contribution is 6.09. The van der Waals surface area contributed by atoms with E-state index in [9.17, 15) is 23.2 Å². The Morgan fingerprint density at radius 1 is 1.14 bits per heavy atom. The van der Waals surface area contributed by atoms with E-state index in [0.717, 1.165) is 16.7 Å². The zero-order valence-electron chi connectivity index (χ0n) is 15.7. The van der Waals surface area contributed by atoms with Crippen molar-refractivity contribution in [3.8, 4) is 0 Å². The van der Waals surface area contributed by atoms with Gasteiger partial charge in [0.05, 0.1) is 11.3 Å². The summed E-state index contributed by atoms with van der Waals surface area (Å²) in [6.07, 6.45) is 1.46. The van der Waals surface area contributed by atoms with Crippen molar-refractivity contribution < 1.29 is 13.6 Å². The van der Waals surface area contributed by atoms with Crippen LogP contribution >= 0.6 is 0 Å². The Morgan fingerprint density at radius 2 is 1.82 bits per heavy atom. The largest absolute Gasteiger partial charge is 0.332 e. The number of halogens is 2. The van der Waals surface area contributed by atoms with Crippen LogP contribution in [0.5, 0.6) is 0 Å². The van der Waals surface area contributed by atoms with Crippen LogP contribution < -0.4 is 16.6 Å². The maximum Gasteiger partial charge on any atom is 0.332 e. The predicted octanol–water partition coefficient (Wildman–Crippen LogP) is 2.29. The normalized spacial score (nSPS) is 11.2. The molecule has 28 heavy (non-hydrogen) atoms. The molecule has 0 radical (unpaired) electrons. The number of hydrogen-bond acceptors (Lipinski definition) is 4. The molecule has 0 spiro atoms. The number of carbonyl (C=O) groups is 1. The number of nitrogens with one attached hydrogen (secondary N) is 1. The van der Waals surface area contributed by atoms with Crippen LogP contribution in [-0.4, -0.2) is 20.0 Å². The lowest BCUT2D eigenvalue weighted by Crippen LogP contribution is -2.38. The number of aromatic nitrogens is 3. The summed E-state index contributed by atoms with van der Waals surface area (Å²) in [7, 11) is 2.77. The van der Waals surface area contributed by atoms with Gasteiger partial charge in [0.2, 0.25) is 0 Å². The second kappa shape index (κ2) is 6.99. The number of nitrogens with zero attached hydrogens (tertiary/aromatic N) is 3. The summed E-state index contributed by atoms with van der Waals surface area (Å²) in [6, 6.07) is 2.59. The highest BCUT2D eigenvalue weighted by Gasteiger charge is 2.22. The lowest BCUT2D eigenvalue weighted by atomic mass is 10.0. The molecule has 2 heterocycles. The minimum atomic E-state index is -1.03. The fourth-order valence-electron chi connectivity index (χ4n) is 2.97. The van der Waals surface area contributed by atoms with Gasteiger partial charge < -0.3 is 5.32 Å². The monoisotopic (exact) mass is 388 g/mol. The first kappa shape index (κ1) is 19.4. The van der Waals surface area contributed by atoms with Crippen LogP contribution in [0.1, 0.15) is 35.7 Å². The zero-order valence-corrected chi connectivity index (χ0v) is 15.7. The Hall–Kier alpha value is -3.36. The van der Waals surface area contributed by atoms with Crippen LogP contribution in [0.4, 0.5) is 14.5 Å². The number of amides is 1. The Kier molecular flexibility index (Phi) is 4.84. The van der Waals surface area contributed by atoms with Crippen LogP contribution in [0.3, 0.4) is 0 Å². The van der Waals surface area contributed by atoms with Gasteiger partial charge in [0.1, 0.15) is 17.0 Å². The molecule has 0 aliphatic carbocycles. The number of carbonyl (C=O) groups excluding carboxylic acids is 1. The van der Waals surface area contributed by atoms with E-state index in [1.807, 2.05) is 13.8 Å². The second-order valence-corrected chi connectivity index (χ2v) is 6.73. The maximum absolute atomic E-state index is 14.0. The third kappa shape index (κ3) is 3.08. The van der Waals surface area contributed by atoms with Crippen molar-refractivity contribution in [1.82, 2.24) is 14.1 Å². The molecule has 3 rings (SSSR count). The van der Waals surface area contributed by atoms with Gasteiger partial charge in [0.25, 0.3) is 11.5 Å². The van der Waals surface area contributed by atoms with Crippen LogP contribution in [0.15, 0.2) is 34.0 Å². The molecule has 2 aromatic heterocycles. The van der Waals surface area contributed by atoms with E-state index in [1.165, 1.54) is 24.9 Å². The molecule has 0 aliphatic heterocycles. The Labute approximate surface area is 158 Å². The summed E-state index contributed by atoms with van der Waals surface area (Å²) < 4.78 is 29.2. The van der Waals surface area contributed by atoms with Gasteiger partial charge in [-0.25, -0.2) is 18.6 Å². The van der Waals surface area contributed by atoms with Gasteiger partial charge in [-0.2, -0.15) is 0 Å². The van der Waals surface area contributed by atoms with Gasteiger partial charge >= 0.3 is 5.69 Å². The maximum atomic E-state index is 14.0. The van der Waals surface area contributed by atoms with Crippen LogP contribution in [0, 0.1) is 11.6 Å². The molecule has 1 aromatic carbocycles. The fourth-order valence-corrected chi connectivity index (χ4v) is 2.97. The topological polar surface area (TPSA) is 86.0 Å². The number of aryl methyl sites for hydroxylation is 1. The van der Waals surface area contributed by atoms with E-state index < -0.39 is 28.8 Å². The summed E-state index contributed by atoms with van der Waals surface area (Å²) in [5.41, 5.74) is -0.800. The van der Waals surface area contributed by atoms with Crippen molar-refractivity contribution in [2.24, 2.45) is 14.1 Å². The van der Waals surface area contributed by atoms with E-state index in [4.69, 9.17) is 0 Å². The average Bonchev–Trinajstić information content (AvgIpc) is 2.63. The number of rotatable bonds is 3. The van der Waals surface area contributed by atoms with Crippen molar-refractivity contribution in [3.05, 3.63) is 68.0 Å². The number of anilines is 1. The number of benzene rings is 1. The van der Waals surface area contributed by atoms with Gasteiger partial charge in [0, 0.05) is 26.4 Å². The highest BCUT2D eigenvalue weighted by atomic mass is 19.1. The van der Waals surface area contributed by atoms with Crippen molar-refractivity contribution in [1.29, 1.82) is 0 Å². The molecule has 0 atom stereocenters. The van der Waals surface area contributed by atoms with Crippen LogP contribution in [0.2, 0.25) is 0 Å². The quantitative estimate of drug-likeness (QED) is 0.746. The van der Waals surface area contributed by atoms with E-state index in [2.05, 4.69) is 10.3 Å². The number of fused-ring (bicyclic) bond motifs is 1. The second-order valence-electron chi connectivity index (χ2n) is 6.73. The average molecular weight is 388 g/mol. The highest BCUT2D eigenvalue weighted by Crippen LogP contribution is 2.29. The molecular formula is C19H18F2N4O3. The molecule has 1 amide bonds.